The molecule has 1 saturated carbocycles. The van der Waals surface area contributed by atoms with Crippen LogP contribution in [0.25, 0.3) is 0 Å². The number of amidine groups is 1. The second kappa shape index (κ2) is 5.72. The fourth-order valence-electron chi connectivity index (χ4n) is 3.18. The molecule has 2 aliphatic rings. The Labute approximate surface area is 129 Å². The van der Waals surface area contributed by atoms with E-state index < -0.39 is 22.0 Å². The van der Waals surface area contributed by atoms with Crippen LogP contribution in [-0.4, -0.2) is 31.4 Å². The van der Waals surface area contributed by atoms with Gasteiger partial charge < -0.3 is 5.11 Å². The molecule has 6 nitrogen and oxygen atoms in total. The Hall–Kier alpha value is -1.89. The maximum absolute atomic E-state index is 12.1. The molecule has 2 N–H and O–H groups in total. The van der Waals surface area contributed by atoms with Crippen molar-refractivity contribution in [2.24, 2.45) is 10.9 Å². The van der Waals surface area contributed by atoms with Crippen LogP contribution in [0.1, 0.15) is 37.7 Å². The van der Waals surface area contributed by atoms with Gasteiger partial charge in [-0.15, -0.1) is 0 Å². The second-order valence-corrected chi connectivity index (χ2v) is 7.41. The van der Waals surface area contributed by atoms with Crippen LogP contribution >= 0.6 is 0 Å². The Bertz CT molecular complexity index is 721. The number of nitrogens with one attached hydrogen (secondary N) is 1. The summed E-state index contributed by atoms with van der Waals surface area (Å²) in [6.07, 6.45) is 4.77. The molecule has 0 saturated heterocycles. The third-order valence-electron chi connectivity index (χ3n) is 4.28. The number of carboxylic acids is 1. The van der Waals surface area contributed by atoms with Crippen LogP contribution in [0, 0.1) is 5.92 Å². The van der Waals surface area contributed by atoms with Gasteiger partial charge in [0.25, 0.3) is 10.0 Å². The van der Waals surface area contributed by atoms with Crippen LogP contribution in [0.2, 0.25) is 0 Å². The van der Waals surface area contributed by atoms with Crippen molar-refractivity contribution >= 4 is 21.8 Å². The first-order valence-electron chi connectivity index (χ1n) is 7.42. The molecule has 1 atom stereocenters. The summed E-state index contributed by atoms with van der Waals surface area (Å²) in [6, 6.07) is 5.59. The lowest BCUT2D eigenvalue weighted by Crippen LogP contribution is -2.33. The number of hydrogen-bond acceptors (Lipinski definition) is 4. The van der Waals surface area contributed by atoms with Gasteiger partial charge in [-0.25, -0.2) is 13.2 Å². The van der Waals surface area contributed by atoms with Crippen LogP contribution in [0.4, 0.5) is 0 Å². The number of carbonyl (C=O) groups is 1. The summed E-state index contributed by atoms with van der Waals surface area (Å²) in [5, 5.41) is 9.48. The van der Waals surface area contributed by atoms with Gasteiger partial charge in [-0.2, -0.15) is 0 Å². The molecular weight excluding hydrogens is 304 g/mol. The third-order valence-corrected chi connectivity index (χ3v) is 5.68. The van der Waals surface area contributed by atoms with Crippen LogP contribution in [0.15, 0.2) is 34.2 Å². The van der Waals surface area contributed by atoms with E-state index in [4.69, 9.17) is 0 Å². The van der Waals surface area contributed by atoms with Crippen molar-refractivity contribution in [3.8, 4) is 0 Å². The molecule has 0 spiro atoms. The van der Waals surface area contributed by atoms with Gasteiger partial charge in [-0.05, 0) is 30.9 Å². The predicted molar refractivity (Wildman–Crippen MR) is 81.3 cm³/mol. The van der Waals surface area contributed by atoms with E-state index in [0.717, 1.165) is 32.1 Å². The highest BCUT2D eigenvalue weighted by Gasteiger charge is 2.34. The van der Waals surface area contributed by atoms with Gasteiger partial charge >= 0.3 is 5.97 Å². The number of carboxylic acid groups (broad SMARTS) is 1. The van der Waals surface area contributed by atoms with Crippen molar-refractivity contribution in [2.75, 3.05) is 0 Å². The molecule has 0 amide bonds. The van der Waals surface area contributed by atoms with Gasteiger partial charge in [0.15, 0.2) is 6.04 Å². The molecule has 0 aromatic heterocycles. The molecule has 1 aliphatic carbocycles. The highest BCUT2D eigenvalue weighted by atomic mass is 32.2. The van der Waals surface area contributed by atoms with Crippen molar-refractivity contribution < 1.29 is 18.3 Å². The van der Waals surface area contributed by atoms with E-state index in [0.29, 0.717) is 5.56 Å². The number of sulfonamides is 1. The Kier molecular flexibility index (Phi) is 3.90. The molecule has 1 heterocycles. The van der Waals surface area contributed by atoms with E-state index in [1.807, 2.05) is 0 Å². The van der Waals surface area contributed by atoms with Gasteiger partial charge in [-0.3, -0.25) is 9.71 Å². The van der Waals surface area contributed by atoms with E-state index in [1.54, 1.807) is 18.2 Å². The Morgan fingerprint density at radius 1 is 1.23 bits per heavy atom. The van der Waals surface area contributed by atoms with Crippen LogP contribution in [-0.2, 0) is 14.8 Å². The molecule has 1 aromatic rings. The van der Waals surface area contributed by atoms with Crippen molar-refractivity contribution in [3.05, 3.63) is 29.8 Å². The standard InChI is InChI=1S/C15H18N2O4S/c18-15(19)13(10-6-2-1-3-7-10)16-14-11-8-4-5-9-12(11)22(20,21)17-14/h4-5,8-10,13H,1-3,6-7H2,(H,16,17)(H,18,19). The topological polar surface area (TPSA) is 95.8 Å². The average molecular weight is 322 g/mol. The Morgan fingerprint density at radius 2 is 1.91 bits per heavy atom. The molecule has 1 aliphatic heterocycles. The molecule has 0 radical (unpaired) electrons. The molecule has 22 heavy (non-hydrogen) atoms. The molecule has 118 valence electrons. The zero-order valence-electron chi connectivity index (χ0n) is 12.0. The molecule has 3 rings (SSSR count). The summed E-state index contributed by atoms with van der Waals surface area (Å²) in [5.41, 5.74) is 0.449. The minimum atomic E-state index is -3.63. The van der Waals surface area contributed by atoms with Gasteiger partial charge in [-0.1, -0.05) is 31.4 Å². The fourth-order valence-corrected chi connectivity index (χ4v) is 4.42. The average Bonchev–Trinajstić information content (AvgIpc) is 2.77. The van der Waals surface area contributed by atoms with E-state index in [-0.39, 0.29) is 16.6 Å². The summed E-state index contributed by atoms with van der Waals surface area (Å²) in [5.74, 6) is -0.882. The van der Waals surface area contributed by atoms with Gasteiger partial charge in [0, 0.05) is 5.56 Å². The maximum atomic E-state index is 12.1. The molecule has 0 bridgehead atoms. The number of aliphatic imine (C=N–C) groups is 1. The fraction of sp³-hybridized carbons (Fsp3) is 0.467. The molecule has 1 aromatic carbocycles. The van der Waals surface area contributed by atoms with Crippen molar-refractivity contribution in [1.82, 2.24) is 4.72 Å². The van der Waals surface area contributed by atoms with Gasteiger partial charge in [0.05, 0.1) is 4.90 Å². The zero-order valence-corrected chi connectivity index (χ0v) is 12.8. The summed E-state index contributed by atoms with van der Waals surface area (Å²) < 4.78 is 26.5. The van der Waals surface area contributed by atoms with Crippen LogP contribution < -0.4 is 4.72 Å². The SMILES string of the molecule is O=C(O)C(N=C1NS(=O)(=O)c2ccccc21)C1CCCCC1. The Balaban J connectivity index is 1.98. The summed E-state index contributed by atoms with van der Waals surface area (Å²) in [4.78, 5) is 16.0. The largest absolute Gasteiger partial charge is 0.480 e. The van der Waals surface area contributed by atoms with Crippen molar-refractivity contribution in [1.29, 1.82) is 0 Å². The predicted octanol–water partition coefficient (Wildman–Crippen LogP) is 1.76. The summed E-state index contributed by atoms with van der Waals surface area (Å²) >= 11 is 0. The normalized spacial score (nSPS) is 23.7. The molecule has 1 fully saturated rings. The van der Waals surface area contributed by atoms with Crippen LogP contribution in [0.5, 0.6) is 0 Å². The molecular formula is C15H18N2O4S. The maximum Gasteiger partial charge on any atom is 0.328 e. The van der Waals surface area contributed by atoms with E-state index in [9.17, 15) is 18.3 Å². The van der Waals surface area contributed by atoms with E-state index in [1.165, 1.54) is 6.07 Å². The zero-order chi connectivity index (χ0) is 15.7. The first-order valence-corrected chi connectivity index (χ1v) is 8.90. The highest BCUT2D eigenvalue weighted by Crippen LogP contribution is 2.30. The van der Waals surface area contributed by atoms with Crippen molar-refractivity contribution in [2.45, 2.75) is 43.0 Å². The first kappa shape index (κ1) is 15.0. The lowest BCUT2D eigenvalue weighted by atomic mass is 9.84. The first-order chi connectivity index (χ1) is 10.5. The minimum Gasteiger partial charge on any atom is -0.480 e. The molecule has 1 unspecified atom stereocenters. The lowest BCUT2D eigenvalue weighted by molar-refractivity contribution is -0.140. The smallest absolute Gasteiger partial charge is 0.328 e. The van der Waals surface area contributed by atoms with E-state index in [2.05, 4.69) is 9.71 Å². The van der Waals surface area contributed by atoms with E-state index >= 15 is 0 Å². The number of fused-ring (bicyclic) bond motifs is 1. The highest BCUT2D eigenvalue weighted by molar-refractivity contribution is 7.90. The number of hydrogen-bond donors (Lipinski definition) is 2. The number of nitrogens with zero attached hydrogens (tertiary/aromatic N) is 1. The van der Waals surface area contributed by atoms with Crippen molar-refractivity contribution in [3.63, 3.8) is 0 Å². The summed E-state index contributed by atoms with van der Waals surface area (Å²) in [7, 11) is -3.63. The lowest BCUT2D eigenvalue weighted by Gasteiger charge is -2.25. The number of benzene rings is 1. The summed E-state index contributed by atoms with van der Waals surface area (Å²) in [6.45, 7) is 0. The van der Waals surface area contributed by atoms with Gasteiger partial charge in [0.2, 0.25) is 0 Å². The Morgan fingerprint density at radius 3 is 2.59 bits per heavy atom. The second-order valence-electron chi connectivity index (χ2n) is 5.76. The van der Waals surface area contributed by atoms with Gasteiger partial charge in [0.1, 0.15) is 5.84 Å². The third kappa shape index (κ3) is 2.72. The number of aliphatic carboxylic acids is 1. The minimum absolute atomic E-state index is 0.0315. The number of rotatable bonds is 3. The molecule has 7 heteroatoms. The monoisotopic (exact) mass is 322 g/mol. The van der Waals surface area contributed by atoms with Crippen LogP contribution in [0.3, 0.4) is 0 Å². The quantitative estimate of drug-likeness (QED) is 0.886.